The molecule has 0 atom stereocenters. The average molecular weight is 471 g/mol. The number of sulfonamides is 1. The Bertz CT molecular complexity index is 1230. The minimum atomic E-state index is -4.00. The summed E-state index contributed by atoms with van der Waals surface area (Å²) in [5.41, 5.74) is 2.59. The molecule has 0 saturated heterocycles. The van der Waals surface area contributed by atoms with Gasteiger partial charge in [0, 0.05) is 13.1 Å². The Morgan fingerprint density at radius 1 is 1.03 bits per heavy atom. The molecule has 1 amide bonds. The molecule has 3 aromatic rings. The Morgan fingerprint density at radius 3 is 2.41 bits per heavy atom. The van der Waals surface area contributed by atoms with Gasteiger partial charge in [-0.05, 0) is 47.9 Å². The van der Waals surface area contributed by atoms with Crippen molar-refractivity contribution in [3.63, 3.8) is 0 Å². The zero-order chi connectivity index (χ0) is 22.7. The Labute approximate surface area is 193 Å². The lowest BCUT2D eigenvalue weighted by molar-refractivity contribution is -0.130. The first-order valence-electron chi connectivity index (χ1n) is 10.2. The van der Waals surface area contributed by atoms with Crippen LogP contribution in [0.5, 0.6) is 5.75 Å². The fourth-order valence-electron chi connectivity index (χ4n) is 3.78. The number of rotatable bonds is 6. The summed E-state index contributed by atoms with van der Waals surface area (Å²) in [4.78, 5) is 15.0. The van der Waals surface area contributed by atoms with Gasteiger partial charge in [-0.3, -0.25) is 9.10 Å². The molecule has 0 saturated carbocycles. The van der Waals surface area contributed by atoms with Gasteiger partial charge in [0.05, 0.1) is 22.7 Å². The monoisotopic (exact) mass is 470 g/mol. The second-order valence-corrected chi connectivity index (χ2v) is 9.75. The lowest BCUT2D eigenvalue weighted by Crippen LogP contribution is -2.44. The fourth-order valence-corrected chi connectivity index (χ4v) is 5.46. The second kappa shape index (κ2) is 9.22. The summed E-state index contributed by atoms with van der Waals surface area (Å²) >= 11 is 6.27. The number of hydrogen-bond donors (Lipinski definition) is 0. The third kappa shape index (κ3) is 4.45. The standard InChI is InChI=1S/C24H23ClN2O4S/c1-31-23-12-11-20(15-22(23)25)27(32(29,30)21-9-3-2-4-10-21)17-24(28)26-14-13-18-7-5-6-8-19(18)16-26/h2-12,15H,13-14,16-17H2,1H3. The van der Waals surface area contributed by atoms with Crippen molar-refractivity contribution in [2.75, 3.05) is 24.5 Å². The van der Waals surface area contributed by atoms with Crippen LogP contribution < -0.4 is 9.04 Å². The van der Waals surface area contributed by atoms with Gasteiger partial charge in [-0.15, -0.1) is 0 Å². The lowest BCUT2D eigenvalue weighted by Gasteiger charge is -2.32. The van der Waals surface area contributed by atoms with Crippen molar-refractivity contribution < 1.29 is 17.9 Å². The van der Waals surface area contributed by atoms with Gasteiger partial charge in [-0.2, -0.15) is 0 Å². The van der Waals surface area contributed by atoms with Gasteiger partial charge in [0.25, 0.3) is 10.0 Å². The number of amides is 1. The van der Waals surface area contributed by atoms with Crippen molar-refractivity contribution in [3.05, 3.63) is 88.9 Å². The van der Waals surface area contributed by atoms with E-state index in [0.717, 1.165) is 16.3 Å². The highest BCUT2D eigenvalue weighted by molar-refractivity contribution is 7.92. The maximum absolute atomic E-state index is 13.5. The molecule has 0 radical (unpaired) electrons. The van der Waals surface area contributed by atoms with Gasteiger partial charge in [0.1, 0.15) is 12.3 Å². The summed E-state index contributed by atoms with van der Waals surface area (Å²) in [6, 6.07) is 20.7. The summed E-state index contributed by atoms with van der Waals surface area (Å²) < 4.78 is 33.3. The van der Waals surface area contributed by atoms with Crippen LogP contribution >= 0.6 is 11.6 Å². The van der Waals surface area contributed by atoms with Crippen LogP contribution in [0.2, 0.25) is 5.02 Å². The SMILES string of the molecule is COc1ccc(N(CC(=O)N2CCc3ccccc3C2)S(=O)(=O)c2ccccc2)cc1Cl. The molecular weight excluding hydrogens is 448 g/mol. The van der Waals surface area contributed by atoms with E-state index in [1.807, 2.05) is 18.2 Å². The number of methoxy groups -OCH3 is 1. The highest BCUT2D eigenvalue weighted by atomic mass is 35.5. The smallest absolute Gasteiger partial charge is 0.264 e. The van der Waals surface area contributed by atoms with Crippen LogP contribution in [0, 0.1) is 0 Å². The topological polar surface area (TPSA) is 66.9 Å². The first-order valence-corrected chi connectivity index (χ1v) is 12.0. The van der Waals surface area contributed by atoms with Crippen molar-refractivity contribution >= 4 is 33.2 Å². The van der Waals surface area contributed by atoms with Crippen molar-refractivity contribution in [2.45, 2.75) is 17.9 Å². The maximum atomic E-state index is 13.5. The molecule has 0 spiro atoms. The van der Waals surface area contributed by atoms with Gasteiger partial charge in [-0.25, -0.2) is 8.42 Å². The number of ether oxygens (including phenoxy) is 1. The Hall–Kier alpha value is -3.03. The Balaban J connectivity index is 1.67. The van der Waals surface area contributed by atoms with Crippen LogP contribution in [0.1, 0.15) is 11.1 Å². The maximum Gasteiger partial charge on any atom is 0.264 e. The van der Waals surface area contributed by atoms with Crippen LogP contribution in [0.4, 0.5) is 5.69 Å². The quantitative estimate of drug-likeness (QED) is 0.543. The largest absolute Gasteiger partial charge is 0.495 e. The third-order valence-corrected chi connectivity index (χ3v) is 7.60. The predicted octanol–water partition coefficient (Wildman–Crippen LogP) is 4.13. The molecule has 32 heavy (non-hydrogen) atoms. The zero-order valence-corrected chi connectivity index (χ0v) is 19.1. The predicted molar refractivity (Wildman–Crippen MR) is 125 cm³/mol. The number of carbonyl (C=O) groups is 1. The molecule has 3 aromatic carbocycles. The highest BCUT2D eigenvalue weighted by Gasteiger charge is 2.30. The van der Waals surface area contributed by atoms with E-state index in [1.54, 1.807) is 35.2 Å². The molecule has 166 valence electrons. The Kier molecular flexibility index (Phi) is 6.39. The van der Waals surface area contributed by atoms with E-state index >= 15 is 0 Å². The van der Waals surface area contributed by atoms with Crippen LogP contribution in [-0.4, -0.2) is 39.4 Å². The molecule has 8 heteroatoms. The zero-order valence-electron chi connectivity index (χ0n) is 17.6. The number of fused-ring (bicyclic) bond motifs is 1. The van der Waals surface area contributed by atoms with Crippen molar-refractivity contribution in [3.8, 4) is 5.75 Å². The number of carbonyl (C=O) groups excluding carboxylic acids is 1. The number of halogens is 1. The molecule has 0 fully saturated rings. The van der Waals surface area contributed by atoms with Crippen LogP contribution in [0.15, 0.2) is 77.7 Å². The molecule has 1 aliphatic heterocycles. The number of anilines is 1. The van der Waals surface area contributed by atoms with E-state index in [-0.39, 0.29) is 22.4 Å². The van der Waals surface area contributed by atoms with Gasteiger partial charge < -0.3 is 9.64 Å². The van der Waals surface area contributed by atoms with Gasteiger partial charge >= 0.3 is 0 Å². The number of hydrogen-bond acceptors (Lipinski definition) is 4. The lowest BCUT2D eigenvalue weighted by atomic mass is 10.00. The van der Waals surface area contributed by atoms with E-state index in [4.69, 9.17) is 16.3 Å². The van der Waals surface area contributed by atoms with Crippen LogP contribution in [0.25, 0.3) is 0 Å². The minimum Gasteiger partial charge on any atom is -0.495 e. The van der Waals surface area contributed by atoms with Crippen LogP contribution in [-0.2, 0) is 27.8 Å². The van der Waals surface area contributed by atoms with Gasteiger partial charge in [-0.1, -0.05) is 54.1 Å². The summed E-state index contributed by atoms with van der Waals surface area (Å²) in [6.45, 7) is 0.665. The number of nitrogens with zero attached hydrogens (tertiary/aromatic N) is 2. The number of benzene rings is 3. The molecule has 1 aliphatic rings. The van der Waals surface area contributed by atoms with E-state index in [0.29, 0.717) is 24.5 Å². The highest BCUT2D eigenvalue weighted by Crippen LogP contribution is 2.32. The minimum absolute atomic E-state index is 0.101. The molecule has 1 heterocycles. The molecule has 0 aliphatic carbocycles. The van der Waals surface area contributed by atoms with Crippen LogP contribution in [0.3, 0.4) is 0 Å². The van der Waals surface area contributed by atoms with Crippen molar-refractivity contribution in [1.29, 1.82) is 0 Å². The summed E-state index contributed by atoms with van der Waals surface area (Å²) in [7, 11) is -2.52. The average Bonchev–Trinajstić information content (AvgIpc) is 2.82. The van der Waals surface area contributed by atoms with Gasteiger partial charge in [0.15, 0.2) is 0 Å². The molecule has 0 unspecified atom stereocenters. The normalized spacial score (nSPS) is 13.4. The van der Waals surface area contributed by atoms with Crippen molar-refractivity contribution in [2.24, 2.45) is 0 Å². The van der Waals surface area contributed by atoms with Crippen molar-refractivity contribution in [1.82, 2.24) is 4.90 Å². The first-order chi connectivity index (χ1) is 15.4. The molecular formula is C24H23ClN2O4S. The molecule has 0 N–H and O–H groups in total. The summed E-state index contributed by atoms with van der Waals surface area (Å²) in [5.74, 6) is 0.150. The Morgan fingerprint density at radius 2 is 1.72 bits per heavy atom. The molecule has 0 bridgehead atoms. The van der Waals surface area contributed by atoms with E-state index in [2.05, 4.69) is 6.07 Å². The molecule has 4 rings (SSSR count). The first kappa shape index (κ1) is 22.2. The summed E-state index contributed by atoms with van der Waals surface area (Å²) in [6.07, 6.45) is 0.738. The third-order valence-electron chi connectivity index (χ3n) is 5.52. The second-order valence-electron chi connectivity index (χ2n) is 7.48. The summed E-state index contributed by atoms with van der Waals surface area (Å²) in [5, 5.41) is 0.262. The fraction of sp³-hybridized carbons (Fsp3) is 0.208. The van der Waals surface area contributed by atoms with E-state index in [9.17, 15) is 13.2 Å². The van der Waals surface area contributed by atoms with Gasteiger partial charge in [0.2, 0.25) is 5.91 Å². The van der Waals surface area contributed by atoms with E-state index in [1.165, 1.54) is 30.9 Å². The molecule has 0 aromatic heterocycles. The molecule has 6 nitrogen and oxygen atoms in total. The van der Waals surface area contributed by atoms with E-state index < -0.39 is 10.0 Å².